The van der Waals surface area contributed by atoms with Crippen LogP contribution in [0.5, 0.6) is 0 Å². The number of nitrogens with zero attached hydrogens (tertiary/aromatic N) is 3. The first-order valence-corrected chi connectivity index (χ1v) is 4.71. The van der Waals surface area contributed by atoms with Crippen LogP contribution >= 0.6 is 15.9 Å². The van der Waals surface area contributed by atoms with Gasteiger partial charge in [0, 0.05) is 14.1 Å². The zero-order valence-electron chi connectivity index (χ0n) is 7.86. The molecule has 0 radical (unpaired) electrons. The number of anilines is 1. The van der Waals surface area contributed by atoms with Crippen molar-refractivity contribution in [1.82, 2.24) is 9.97 Å². The molecule has 76 valence electrons. The Kier molecular flexibility index (Phi) is 3.40. The van der Waals surface area contributed by atoms with Crippen LogP contribution in [0.15, 0.2) is 10.7 Å². The summed E-state index contributed by atoms with van der Waals surface area (Å²) < 4.78 is 0.590. The molecule has 0 atom stereocenters. The Balaban J connectivity index is 3.01. The third kappa shape index (κ3) is 2.95. The first-order valence-electron chi connectivity index (χ1n) is 3.91. The molecule has 1 aromatic rings. The van der Waals surface area contributed by atoms with Gasteiger partial charge in [-0.2, -0.15) is 0 Å². The molecule has 0 aliphatic carbocycles. The number of halogens is 1. The molecule has 1 aromatic heterocycles. The fourth-order valence-corrected chi connectivity index (χ4v) is 1.32. The maximum absolute atomic E-state index is 10.5. The van der Waals surface area contributed by atoms with E-state index in [0.29, 0.717) is 16.2 Å². The molecule has 0 spiro atoms. The first-order chi connectivity index (χ1) is 6.49. The standard InChI is InChI=1S/C8H10BrN3O2/c1-12(2)8-10-5(4-7(13)14)3-6(9)11-8/h3H,4H2,1-2H3,(H,13,14). The van der Waals surface area contributed by atoms with E-state index in [1.807, 2.05) is 0 Å². The summed E-state index contributed by atoms with van der Waals surface area (Å²) >= 11 is 3.20. The lowest BCUT2D eigenvalue weighted by atomic mass is 10.3. The van der Waals surface area contributed by atoms with Gasteiger partial charge in [-0.15, -0.1) is 0 Å². The average molecular weight is 260 g/mol. The van der Waals surface area contributed by atoms with Crippen LogP contribution in [0, 0.1) is 0 Å². The molecule has 0 amide bonds. The van der Waals surface area contributed by atoms with Crippen molar-refractivity contribution >= 4 is 27.8 Å². The second-order valence-corrected chi connectivity index (χ2v) is 3.76. The second-order valence-electron chi connectivity index (χ2n) is 2.95. The third-order valence-corrected chi connectivity index (χ3v) is 1.87. The molecule has 0 unspecified atom stereocenters. The highest BCUT2D eigenvalue weighted by Crippen LogP contribution is 2.13. The van der Waals surface area contributed by atoms with Crippen LogP contribution in [-0.2, 0) is 11.2 Å². The fourth-order valence-electron chi connectivity index (χ4n) is 0.897. The van der Waals surface area contributed by atoms with Crippen LogP contribution in [0.4, 0.5) is 5.95 Å². The van der Waals surface area contributed by atoms with Gasteiger partial charge in [-0.1, -0.05) is 0 Å². The van der Waals surface area contributed by atoms with E-state index in [9.17, 15) is 4.79 Å². The van der Waals surface area contributed by atoms with Crippen molar-refractivity contribution in [3.05, 3.63) is 16.4 Å². The zero-order valence-corrected chi connectivity index (χ0v) is 9.45. The van der Waals surface area contributed by atoms with Gasteiger partial charge in [0.15, 0.2) is 0 Å². The highest BCUT2D eigenvalue weighted by atomic mass is 79.9. The van der Waals surface area contributed by atoms with Crippen molar-refractivity contribution in [3.63, 3.8) is 0 Å². The van der Waals surface area contributed by atoms with Crippen molar-refractivity contribution in [2.45, 2.75) is 6.42 Å². The van der Waals surface area contributed by atoms with Crippen LogP contribution in [0.3, 0.4) is 0 Å². The van der Waals surface area contributed by atoms with Crippen LogP contribution < -0.4 is 4.90 Å². The van der Waals surface area contributed by atoms with Crippen LogP contribution in [0.1, 0.15) is 5.69 Å². The second kappa shape index (κ2) is 4.36. The number of aliphatic carboxylic acids is 1. The lowest BCUT2D eigenvalue weighted by Crippen LogP contribution is -2.14. The Morgan fingerprint density at radius 2 is 2.21 bits per heavy atom. The van der Waals surface area contributed by atoms with Gasteiger partial charge in [-0.05, 0) is 22.0 Å². The third-order valence-electron chi connectivity index (χ3n) is 1.47. The van der Waals surface area contributed by atoms with E-state index < -0.39 is 5.97 Å². The predicted octanol–water partition coefficient (Wildman–Crippen LogP) is 0.932. The molecule has 0 saturated heterocycles. The maximum atomic E-state index is 10.5. The van der Waals surface area contributed by atoms with E-state index in [1.165, 1.54) is 0 Å². The Hall–Kier alpha value is -1.17. The van der Waals surface area contributed by atoms with Gasteiger partial charge in [-0.25, -0.2) is 9.97 Å². The Bertz CT molecular complexity index is 354. The normalized spacial score (nSPS) is 9.93. The van der Waals surface area contributed by atoms with E-state index in [-0.39, 0.29) is 6.42 Å². The molecule has 1 N–H and O–H groups in total. The van der Waals surface area contributed by atoms with Crippen molar-refractivity contribution in [2.24, 2.45) is 0 Å². The van der Waals surface area contributed by atoms with Crippen molar-refractivity contribution < 1.29 is 9.90 Å². The predicted molar refractivity (Wildman–Crippen MR) is 55.4 cm³/mol. The number of hydrogen-bond donors (Lipinski definition) is 1. The van der Waals surface area contributed by atoms with Gasteiger partial charge in [0.25, 0.3) is 0 Å². The molecular weight excluding hydrogens is 250 g/mol. The van der Waals surface area contributed by atoms with E-state index >= 15 is 0 Å². The molecule has 6 heteroatoms. The van der Waals surface area contributed by atoms with Gasteiger partial charge in [0.05, 0.1) is 12.1 Å². The molecule has 14 heavy (non-hydrogen) atoms. The Morgan fingerprint density at radius 3 is 2.71 bits per heavy atom. The SMILES string of the molecule is CN(C)c1nc(Br)cc(CC(=O)O)n1. The molecule has 0 saturated carbocycles. The van der Waals surface area contributed by atoms with Crippen molar-refractivity contribution in [1.29, 1.82) is 0 Å². The minimum atomic E-state index is -0.902. The van der Waals surface area contributed by atoms with Gasteiger partial charge in [0.1, 0.15) is 4.60 Å². The fraction of sp³-hybridized carbons (Fsp3) is 0.375. The smallest absolute Gasteiger partial charge is 0.309 e. The lowest BCUT2D eigenvalue weighted by molar-refractivity contribution is -0.136. The summed E-state index contributed by atoms with van der Waals surface area (Å²) in [5, 5.41) is 8.60. The van der Waals surface area contributed by atoms with Crippen molar-refractivity contribution in [3.8, 4) is 0 Å². The highest BCUT2D eigenvalue weighted by molar-refractivity contribution is 9.10. The quantitative estimate of drug-likeness (QED) is 0.819. The van der Waals surface area contributed by atoms with Gasteiger partial charge in [-0.3, -0.25) is 4.79 Å². The zero-order chi connectivity index (χ0) is 10.7. The summed E-state index contributed by atoms with van der Waals surface area (Å²) in [5.41, 5.74) is 0.489. The largest absolute Gasteiger partial charge is 0.481 e. The molecule has 1 heterocycles. The van der Waals surface area contributed by atoms with Gasteiger partial charge < -0.3 is 10.0 Å². The Labute approximate surface area is 89.9 Å². The minimum Gasteiger partial charge on any atom is -0.481 e. The van der Waals surface area contributed by atoms with Crippen LogP contribution in [-0.4, -0.2) is 35.1 Å². The molecule has 0 aromatic carbocycles. The summed E-state index contributed by atoms with van der Waals surface area (Å²) in [5.74, 6) is -0.407. The van der Waals surface area contributed by atoms with E-state index in [2.05, 4.69) is 25.9 Å². The van der Waals surface area contributed by atoms with E-state index in [4.69, 9.17) is 5.11 Å². The monoisotopic (exact) mass is 259 g/mol. The molecule has 0 fully saturated rings. The molecule has 0 aliphatic rings. The number of carboxylic acids is 1. The van der Waals surface area contributed by atoms with Crippen LogP contribution in [0.25, 0.3) is 0 Å². The molecule has 1 rings (SSSR count). The minimum absolute atomic E-state index is 0.0953. The van der Waals surface area contributed by atoms with Crippen molar-refractivity contribution in [2.75, 3.05) is 19.0 Å². The summed E-state index contributed by atoms with van der Waals surface area (Å²) in [6.45, 7) is 0. The summed E-state index contributed by atoms with van der Waals surface area (Å²) in [6, 6.07) is 1.60. The average Bonchev–Trinajstić information content (AvgIpc) is 2.01. The summed E-state index contributed by atoms with van der Waals surface area (Å²) in [7, 11) is 3.60. The number of hydrogen-bond acceptors (Lipinski definition) is 4. The maximum Gasteiger partial charge on any atom is 0.309 e. The van der Waals surface area contributed by atoms with Gasteiger partial charge in [0.2, 0.25) is 5.95 Å². The molecule has 0 aliphatic heterocycles. The lowest BCUT2D eigenvalue weighted by Gasteiger charge is -2.10. The van der Waals surface area contributed by atoms with E-state index in [0.717, 1.165) is 0 Å². The number of aromatic nitrogens is 2. The topological polar surface area (TPSA) is 66.3 Å². The number of carboxylic acid groups (broad SMARTS) is 1. The number of carbonyl (C=O) groups is 1. The van der Waals surface area contributed by atoms with Gasteiger partial charge >= 0.3 is 5.97 Å². The summed E-state index contributed by atoms with van der Waals surface area (Å²) in [6.07, 6.45) is -0.0953. The molecular formula is C8H10BrN3O2. The molecule has 0 bridgehead atoms. The number of rotatable bonds is 3. The first kappa shape index (κ1) is 10.9. The summed E-state index contributed by atoms with van der Waals surface area (Å²) in [4.78, 5) is 20.3. The molecule has 5 nitrogen and oxygen atoms in total. The Morgan fingerprint density at radius 1 is 1.57 bits per heavy atom. The highest BCUT2D eigenvalue weighted by Gasteiger charge is 2.07. The van der Waals surface area contributed by atoms with E-state index in [1.54, 1.807) is 25.1 Å². The van der Waals surface area contributed by atoms with Crippen LogP contribution in [0.2, 0.25) is 0 Å².